The molecule has 1 aliphatic rings. The summed E-state index contributed by atoms with van der Waals surface area (Å²) in [6.45, 7) is 2.27. The lowest BCUT2D eigenvalue weighted by molar-refractivity contribution is 0.214. The Morgan fingerprint density at radius 3 is 2.84 bits per heavy atom. The average Bonchev–Trinajstić information content (AvgIpc) is 2.42. The molecule has 1 fully saturated rings. The van der Waals surface area contributed by atoms with Crippen LogP contribution < -0.4 is 5.32 Å². The summed E-state index contributed by atoms with van der Waals surface area (Å²) in [6, 6.07) is 4.99. The molecule has 1 aromatic carbocycles. The van der Waals surface area contributed by atoms with Gasteiger partial charge in [0, 0.05) is 11.1 Å². The molecular formula is C16H23ClFN. The molecule has 3 heteroatoms. The van der Waals surface area contributed by atoms with E-state index in [9.17, 15) is 4.39 Å². The van der Waals surface area contributed by atoms with Crippen molar-refractivity contribution in [2.24, 2.45) is 11.8 Å². The van der Waals surface area contributed by atoms with Crippen LogP contribution in [0.4, 0.5) is 4.39 Å². The quantitative estimate of drug-likeness (QED) is 0.824. The molecule has 0 radical (unpaired) electrons. The van der Waals surface area contributed by atoms with Crippen LogP contribution in [0.5, 0.6) is 0 Å². The van der Waals surface area contributed by atoms with Crippen molar-refractivity contribution in [3.63, 3.8) is 0 Å². The highest BCUT2D eigenvalue weighted by Crippen LogP contribution is 2.40. The summed E-state index contributed by atoms with van der Waals surface area (Å²) in [6.07, 6.45) is 6.37. The Morgan fingerprint density at radius 1 is 1.42 bits per heavy atom. The molecule has 3 atom stereocenters. The second-order valence-corrected chi connectivity index (χ2v) is 6.04. The number of nitrogens with one attached hydrogen (secondary N) is 1. The van der Waals surface area contributed by atoms with E-state index in [1.165, 1.54) is 44.2 Å². The van der Waals surface area contributed by atoms with Crippen LogP contribution in [0.25, 0.3) is 0 Å². The van der Waals surface area contributed by atoms with E-state index in [0.717, 1.165) is 11.5 Å². The minimum absolute atomic E-state index is 0.238. The topological polar surface area (TPSA) is 12.0 Å². The van der Waals surface area contributed by atoms with Gasteiger partial charge in [0.1, 0.15) is 5.82 Å². The fourth-order valence-electron chi connectivity index (χ4n) is 3.40. The van der Waals surface area contributed by atoms with Crippen LogP contribution in [0.15, 0.2) is 18.2 Å². The zero-order valence-corrected chi connectivity index (χ0v) is 12.5. The van der Waals surface area contributed by atoms with E-state index in [4.69, 9.17) is 11.6 Å². The van der Waals surface area contributed by atoms with Gasteiger partial charge in [-0.3, -0.25) is 0 Å². The van der Waals surface area contributed by atoms with Gasteiger partial charge in [-0.25, -0.2) is 4.39 Å². The molecule has 1 N–H and O–H groups in total. The van der Waals surface area contributed by atoms with Crippen LogP contribution in [0, 0.1) is 17.7 Å². The molecule has 0 amide bonds. The van der Waals surface area contributed by atoms with E-state index >= 15 is 0 Å². The summed E-state index contributed by atoms with van der Waals surface area (Å²) in [7, 11) is 1.97. The lowest BCUT2D eigenvalue weighted by atomic mass is 9.75. The van der Waals surface area contributed by atoms with Gasteiger partial charge in [0.2, 0.25) is 0 Å². The van der Waals surface area contributed by atoms with Crippen molar-refractivity contribution in [2.45, 2.75) is 45.1 Å². The van der Waals surface area contributed by atoms with E-state index in [1.807, 2.05) is 13.1 Å². The molecule has 1 aromatic rings. The smallest absolute Gasteiger partial charge is 0.124 e. The van der Waals surface area contributed by atoms with Gasteiger partial charge in [0.15, 0.2) is 0 Å². The van der Waals surface area contributed by atoms with E-state index in [0.29, 0.717) is 10.9 Å². The summed E-state index contributed by atoms with van der Waals surface area (Å²) >= 11 is 6.21. The van der Waals surface area contributed by atoms with Crippen molar-refractivity contribution in [1.29, 1.82) is 0 Å². The molecule has 1 nitrogen and oxygen atoms in total. The summed E-state index contributed by atoms with van der Waals surface area (Å²) in [5, 5.41) is 3.93. The predicted molar refractivity (Wildman–Crippen MR) is 78.9 cm³/mol. The molecule has 1 saturated carbocycles. The largest absolute Gasteiger partial charge is 0.313 e. The number of hydrogen-bond donors (Lipinski definition) is 1. The van der Waals surface area contributed by atoms with Crippen molar-refractivity contribution in [2.75, 3.05) is 7.05 Å². The number of hydrogen-bond acceptors (Lipinski definition) is 1. The molecule has 3 unspecified atom stereocenters. The summed E-state index contributed by atoms with van der Waals surface area (Å²) in [4.78, 5) is 0. The highest BCUT2D eigenvalue weighted by atomic mass is 35.5. The monoisotopic (exact) mass is 283 g/mol. The summed E-state index contributed by atoms with van der Waals surface area (Å²) in [5.41, 5.74) is 1.03. The van der Waals surface area contributed by atoms with Gasteiger partial charge >= 0.3 is 0 Å². The summed E-state index contributed by atoms with van der Waals surface area (Å²) < 4.78 is 13.2. The zero-order valence-electron chi connectivity index (χ0n) is 11.8. The maximum absolute atomic E-state index is 13.2. The van der Waals surface area contributed by atoms with Gasteiger partial charge in [-0.2, -0.15) is 0 Å². The minimum atomic E-state index is -0.265. The van der Waals surface area contributed by atoms with Crippen LogP contribution in [-0.2, 0) is 0 Å². The molecule has 0 saturated heterocycles. The maximum Gasteiger partial charge on any atom is 0.124 e. The lowest BCUT2D eigenvalue weighted by Gasteiger charge is -2.34. The molecule has 0 aromatic heterocycles. The van der Waals surface area contributed by atoms with Crippen molar-refractivity contribution in [3.8, 4) is 0 Å². The average molecular weight is 284 g/mol. The van der Waals surface area contributed by atoms with Gasteiger partial charge in [-0.15, -0.1) is 0 Å². The van der Waals surface area contributed by atoms with E-state index < -0.39 is 0 Å². The third-order valence-electron chi connectivity index (χ3n) is 4.48. The Morgan fingerprint density at radius 2 is 2.21 bits per heavy atom. The molecule has 19 heavy (non-hydrogen) atoms. The predicted octanol–water partition coefficient (Wildman–Crippen LogP) is 4.96. The second kappa shape index (κ2) is 6.71. The van der Waals surface area contributed by atoms with Gasteiger partial charge in [-0.1, -0.05) is 43.9 Å². The first-order chi connectivity index (χ1) is 9.15. The highest BCUT2D eigenvalue weighted by molar-refractivity contribution is 6.31. The molecule has 0 aliphatic heterocycles. The van der Waals surface area contributed by atoms with Crippen LogP contribution in [0.3, 0.4) is 0 Å². The van der Waals surface area contributed by atoms with E-state index in [1.54, 1.807) is 0 Å². The van der Waals surface area contributed by atoms with Crippen molar-refractivity contribution in [3.05, 3.63) is 34.6 Å². The number of halogens is 2. The van der Waals surface area contributed by atoms with Crippen molar-refractivity contribution in [1.82, 2.24) is 5.32 Å². The third-order valence-corrected chi connectivity index (χ3v) is 4.81. The van der Waals surface area contributed by atoms with Crippen LogP contribution in [0.2, 0.25) is 5.02 Å². The maximum atomic E-state index is 13.2. The Labute approximate surface area is 120 Å². The number of benzene rings is 1. The van der Waals surface area contributed by atoms with Crippen molar-refractivity contribution >= 4 is 11.6 Å². The van der Waals surface area contributed by atoms with Gasteiger partial charge in [-0.05, 0) is 49.4 Å². The standard InChI is InChI=1S/C16H23ClFN/c1-3-11-5-4-6-12(9-11)16(19-2)14-8-7-13(18)10-15(14)17/h7-8,10-12,16,19H,3-6,9H2,1-2H3. The number of rotatable bonds is 4. The highest BCUT2D eigenvalue weighted by Gasteiger charge is 2.29. The van der Waals surface area contributed by atoms with Crippen molar-refractivity contribution < 1.29 is 4.39 Å². The van der Waals surface area contributed by atoms with Crippen LogP contribution in [0.1, 0.15) is 50.6 Å². The zero-order chi connectivity index (χ0) is 13.8. The van der Waals surface area contributed by atoms with Crippen LogP contribution in [-0.4, -0.2) is 7.05 Å². The fraction of sp³-hybridized carbons (Fsp3) is 0.625. The SMILES string of the molecule is CCC1CCCC(C(NC)c2ccc(F)cc2Cl)C1. The first kappa shape index (κ1) is 14.8. The van der Waals surface area contributed by atoms with Gasteiger partial charge in [0.25, 0.3) is 0 Å². The van der Waals surface area contributed by atoms with Gasteiger partial charge in [0.05, 0.1) is 0 Å². The van der Waals surface area contributed by atoms with Crippen LogP contribution >= 0.6 is 11.6 Å². The van der Waals surface area contributed by atoms with Gasteiger partial charge < -0.3 is 5.32 Å². The Kier molecular flexibility index (Phi) is 5.23. The molecular weight excluding hydrogens is 261 g/mol. The third kappa shape index (κ3) is 3.49. The van der Waals surface area contributed by atoms with E-state index in [-0.39, 0.29) is 11.9 Å². The Bertz CT molecular complexity index is 421. The molecule has 106 valence electrons. The molecule has 0 bridgehead atoms. The molecule has 0 heterocycles. The Hall–Kier alpha value is -0.600. The normalized spacial score (nSPS) is 25.3. The Balaban J connectivity index is 2.19. The molecule has 1 aliphatic carbocycles. The molecule has 2 rings (SSSR count). The fourth-order valence-corrected chi connectivity index (χ4v) is 3.69. The van der Waals surface area contributed by atoms with E-state index in [2.05, 4.69) is 12.2 Å². The summed E-state index contributed by atoms with van der Waals surface area (Å²) in [5.74, 6) is 1.17. The second-order valence-electron chi connectivity index (χ2n) is 5.63. The first-order valence-electron chi connectivity index (χ1n) is 7.28. The first-order valence-corrected chi connectivity index (χ1v) is 7.65. The lowest BCUT2D eigenvalue weighted by Crippen LogP contribution is -2.29. The minimum Gasteiger partial charge on any atom is -0.313 e. The molecule has 0 spiro atoms.